The van der Waals surface area contributed by atoms with Crippen LogP contribution in [0.25, 0.3) is 0 Å². The van der Waals surface area contributed by atoms with E-state index in [1.54, 1.807) is 13.8 Å². The first-order valence-electron chi connectivity index (χ1n) is 4.48. The number of carboxylic acids is 1. The van der Waals surface area contributed by atoms with E-state index in [-0.39, 0.29) is 13.0 Å². The summed E-state index contributed by atoms with van der Waals surface area (Å²) in [5.74, 6) is -2.10. The first-order valence-corrected chi connectivity index (χ1v) is 4.48. The fourth-order valence-corrected chi connectivity index (χ4v) is 1.02. The maximum Gasteiger partial charge on any atom is 0.333 e. The Morgan fingerprint density at radius 3 is 2.21 bits per heavy atom. The van der Waals surface area contributed by atoms with Gasteiger partial charge >= 0.3 is 11.9 Å². The van der Waals surface area contributed by atoms with E-state index in [2.05, 4.69) is 0 Å². The fourth-order valence-electron chi connectivity index (χ4n) is 1.02. The minimum Gasteiger partial charge on any atom is -0.479 e. The van der Waals surface area contributed by atoms with Crippen LogP contribution in [0.5, 0.6) is 0 Å². The summed E-state index contributed by atoms with van der Waals surface area (Å²) < 4.78 is 4.71. The van der Waals surface area contributed by atoms with Gasteiger partial charge in [0.15, 0.2) is 6.10 Å². The summed E-state index contributed by atoms with van der Waals surface area (Å²) in [6, 6.07) is 0. The summed E-state index contributed by atoms with van der Waals surface area (Å²) in [6.45, 7) is 4.80. The number of carboxylic acid groups (broad SMARTS) is 1. The third-order valence-corrected chi connectivity index (χ3v) is 2.31. The normalized spacial score (nSPS) is 16.9. The maximum absolute atomic E-state index is 11.4. The molecule has 0 saturated carbocycles. The summed E-state index contributed by atoms with van der Waals surface area (Å²) in [4.78, 5) is 22.0. The third kappa shape index (κ3) is 2.45. The van der Waals surface area contributed by atoms with E-state index in [1.165, 1.54) is 6.92 Å². The number of carbonyl (C=O) groups excluding carboxylic acids is 1. The Labute approximate surface area is 82.7 Å². The number of carbonyl (C=O) groups is 2. The van der Waals surface area contributed by atoms with Gasteiger partial charge in [0.05, 0.1) is 6.61 Å². The monoisotopic (exact) mass is 204 g/mol. The Bertz CT molecular complexity index is 225. The molecule has 0 heterocycles. The van der Waals surface area contributed by atoms with Crippen LogP contribution in [-0.2, 0) is 14.3 Å². The van der Waals surface area contributed by atoms with Crippen LogP contribution in [-0.4, -0.2) is 34.9 Å². The first kappa shape index (κ1) is 12.9. The summed E-state index contributed by atoms with van der Waals surface area (Å²) in [6.07, 6.45) is -1.52. The van der Waals surface area contributed by atoms with Gasteiger partial charge in [0.25, 0.3) is 0 Å². The lowest BCUT2D eigenvalue weighted by Crippen LogP contribution is -2.45. The molecule has 0 rings (SSSR count). The summed E-state index contributed by atoms with van der Waals surface area (Å²) in [5.41, 5.74) is -1.37. The number of esters is 1. The van der Waals surface area contributed by atoms with Crippen molar-refractivity contribution in [3.63, 3.8) is 0 Å². The largest absolute Gasteiger partial charge is 0.479 e. The molecule has 0 spiro atoms. The molecule has 0 aromatic rings. The smallest absolute Gasteiger partial charge is 0.333 e. The molecule has 0 bridgehead atoms. The predicted octanol–water partition coefficient (Wildman–Crippen LogP) is 0.411. The van der Waals surface area contributed by atoms with E-state index in [9.17, 15) is 14.7 Å². The molecule has 2 atom stereocenters. The van der Waals surface area contributed by atoms with E-state index in [1.807, 2.05) is 0 Å². The molecule has 0 aromatic heterocycles. The van der Waals surface area contributed by atoms with E-state index in [4.69, 9.17) is 9.84 Å². The molecule has 5 heteroatoms. The molecule has 0 fully saturated rings. The maximum atomic E-state index is 11.4. The van der Waals surface area contributed by atoms with Crippen molar-refractivity contribution in [1.82, 2.24) is 0 Å². The van der Waals surface area contributed by atoms with Gasteiger partial charge in [-0.3, -0.25) is 4.79 Å². The van der Waals surface area contributed by atoms with Crippen LogP contribution in [0, 0.1) is 5.41 Å². The molecule has 14 heavy (non-hydrogen) atoms. The lowest BCUT2D eigenvalue weighted by molar-refractivity contribution is -0.172. The number of ether oxygens (including phenoxy) is 1. The van der Waals surface area contributed by atoms with Crippen molar-refractivity contribution in [1.29, 1.82) is 0 Å². The number of aliphatic carboxylic acids is 1. The Hall–Kier alpha value is -1.10. The van der Waals surface area contributed by atoms with Gasteiger partial charge < -0.3 is 14.9 Å². The Balaban J connectivity index is 4.78. The number of aliphatic hydroxyl groups excluding tert-OH is 1. The van der Waals surface area contributed by atoms with Crippen LogP contribution in [0.4, 0.5) is 0 Å². The number of aliphatic hydroxyl groups is 1. The Morgan fingerprint density at radius 1 is 1.43 bits per heavy atom. The average molecular weight is 204 g/mol. The summed E-state index contributed by atoms with van der Waals surface area (Å²) in [7, 11) is 0. The van der Waals surface area contributed by atoms with Crippen LogP contribution in [0.3, 0.4) is 0 Å². The molecule has 5 nitrogen and oxygen atoms in total. The van der Waals surface area contributed by atoms with E-state index in [0.29, 0.717) is 0 Å². The Morgan fingerprint density at radius 2 is 1.93 bits per heavy atom. The van der Waals surface area contributed by atoms with Crippen LogP contribution in [0.2, 0.25) is 0 Å². The third-order valence-electron chi connectivity index (χ3n) is 2.31. The number of hydrogen-bond donors (Lipinski definition) is 2. The van der Waals surface area contributed by atoms with Crippen molar-refractivity contribution in [2.45, 2.75) is 33.3 Å². The van der Waals surface area contributed by atoms with E-state index >= 15 is 0 Å². The SMILES string of the molecule is CCOC(=O)[C@](C)(CC)[C@H](O)C(=O)O. The second-order valence-electron chi connectivity index (χ2n) is 3.23. The highest BCUT2D eigenvalue weighted by Crippen LogP contribution is 2.27. The lowest BCUT2D eigenvalue weighted by Gasteiger charge is -2.28. The zero-order valence-electron chi connectivity index (χ0n) is 8.61. The van der Waals surface area contributed by atoms with Gasteiger partial charge in [-0.25, -0.2) is 4.79 Å². The highest BCUT2D eigenvalue weighted by molar-refractivity contribution is 5.85. The second kappa shape index (κ2) is 4.95. The summed E-state index contributed by atoms with van der Waals surface area (Å²) in [5, 5.41) is 18.0. The molecule has 0 aliphatic heterocycles. The van der Waals surface area contributed by atoms with Gasteiger partial charge in [-0.2, -0.15) is 0 Å². The molecule has 2 N–H and O–H groups in total. The molecule has 0 aromatic carbocycles. The number of rotatable bonds is 5. The van der Waals surface area contributed by atoms with Crippen LogP contribution < -0.4 is 0 Å². The van der Waals surface area contributed by atoms with Crippen molar-refractivity contribution in [2.75, 3.05) is 6.61 Å². The molecule has 0 radical (unpaired) electrons. The zero-order chi connectivity index (χ0) is 11.4. The van der Waals surface area contributed by atoms with Gasteiger partial charge in [0.1, 0.15) is 5.41 Å². The molecule has 0 amide bonds. The molecular formula is C9H16O5. The van der Waals surface area contributed by atoms with Gasteiger partial charge in [-0.05, 0) is 20.3 Å². The summed E-state index contributed by atoms with van der Waals surface area (Å²) >= 11 is 0. The minimum absolute atomic E-state index is 0.167. The lowest BCUT2D eigenvalue weighted by atomic mass is 9.81. The van der Waals surface area contributed by atoms with Crippen LogP contribution in [0.15, 0.2) is 0 Å². The Kier molecular flexibility index (Phi) is 4.56. The van der Waals surface area contributed by atoms with Crippen LogP contribution >= 0.6 is 0 Å². The molecule has 0 aliphatic carbocycles. The van der Waals surface area contributed by atoms with Crippen molar-refractivity contribution in [3.8, 4) is 0 Å². The highest BCUT2D eigenvalue weighted by atomic mass is 16.5. The van der Waals surface area contributed by atoms with E-state index < -0.39 is 23.5 Å². The van der Waals surface area contributed by atoms with Gasteiger partial charge in [0.2, 0.25) is 0 Å². The topological polar surface area (TPSA) is 83.8 Å². The van der Waals surface area contributed by atoms with Crippen molar-refractivity contribution < 1.29 is 24.5 Å². The average Bonchev–Trinajstić information content (AvgIpc) is 2.15. The number of hydrogen-bond acceptors (Lipinski definition) is 4. The van der Waals surface area contributed by atoms with E-state index in [0.717, 1.165) is 0 Å². The quantitative estimate of drug-likeness (QED) is 0.634. The molecular weight excluding hydrogens is 188 g/mol. The molecule has 0 unspecified atom stereocenters. The molecule has 0 aliphatic rings. The predicted molar refractivity (Wildman–Crippen MR) is 48.7 cm³/mol. The highest BCUT2D eigenvalue weighted by Gasteiger charge is 2.44. The standard InChI is InChI=1S/C9H16O5/c1-4-9(3,6(10)7(11)12)8(13)14-5-2/h6,10H,4-5H2,1-3H3,(H,11,12)/t6-,9-/m1/s1. The van der Waals surface area contributed by atoms with Crippen molar-refractivity contribution >= 4 is 11.9 Å². The molecule has 0 saturated heterocycles. The molecule has 82 valence electrons. The van der Waals surface area contributed by atoms with Gasteiger partial charge in [0, 0.05) is 0 Å². The van der Waals surface area contributed by atoms with Crippen molar-refractivity contribution in [3.05, 3.63) is 0 Å². The fraction of sp³-hybridized carbons (Fsp3) is 0.778. The second-order valence-corrected chi connectivity index (χ2v) is 3.23. The minimum atomic E-state index is -1.73. The van der Waals surface area contributed by atoms with Crippen molar-refractivity contribution in [2.24, 2.45) is 5.41 Å². The van der Waals surface area contributed by atoms with Crippen LogP contribution in [0.1, 0.15) is 27.2 Å². The van der Waals surface area contributed by atoms with Gasteiger partial charge in [-0.1, -0.05) is 6.92 Å². The van der Waals surface area contributed by atoms with Gasteiger partial charge in [-0.15, -0.1) is 0 Å². The first-order chi connectivity index (χ1) is 6.40. The zero-order valence-corrected chi connectivity index (χ0v) is 8.61.